The van der Waals surface area contributed by atoms with E-state index in [-0.39, 0.29) is 30.7 Å². The van der Waals surface area contributed by atoms with Crippen molar-refractivity contribution >= 4 is 58.0 Å². The van der Waals surface area contributed by atoms with Crippen LogP contribution in [-0.2, 0) is 4.79 Å². The molecule has 98 valence electrons. The summed E-state index contributed by atoms with van der Waals surface area (Å²) in [5.41, 5.74) is 13.3. The topological polar surface area (TPSA) is 81.1 Å². The highest BCUT2D eigenvalue weighted by Crippen LogP contribution is 2.27. The highest BCUT2D eigenvalue weighted by Gasteiger charge is 2.11. The monoisotopic (exact) mass is 343 g/mol. The second-order valence-electron chi connectivity index (χ2n) is 3.46. The third-order valence-corrected chi connectivity index (χ3v) is 2.48. The molecule has 1 rings (SSSR count). The van der Waals surface area contributed by atoms with E-state index in [2.05, 4.69) is 21.2 Å². The van der Waals surface area contributed by atoms with Gasteiger partial charge in [-0.05, 0) is 31.5 Å². The molecule has 0 aliphatic rings. The van der Waals surface area contributed by atoms with Crippen LogP contribution in [0.25, 0.3) is 0 Å². The van der Waals surface area contributed by atoms with Gasteiger partial charge in [0.05, 0.1) is 17.4 Å². The molecule has 1 aromatic rings. The van der Waals surface area contributed by atoms with E-state index in [9.17, 15) is 4.79 Å². The van der Waals surface area contributed by atoms with Gasteiger partial charge in [-0.2, -0.15) is 0 Å². The molecule has 0 aliphatic heterocycles. The van der Waals surface area contributed by atoms with E-state index in [0.29, 0.717) is 11.4 Å². The molecule has 0 bridgehead atoms. The molecule has 17 heavy (non-hydrogen) atoms. The lowest BCUT2D eigenvalue weighted by Gasteiger charge is -2.12. The SMILES string of the molecule is Cc1cc(Br)cc(NC(=O)[C@@H](C)N)c1N.Cl.Cl. The fourth-order valence-corrected chi connectivity index (χ4v) is 1.68. The van der Waals surface area contributed by atoms with E-state index < -0.39 is 6.04 Å². The number of benzene rings is 1. The zero-order valence-electron chi connectivity index (χ0n) is 9.49. The summed E-state index contributed by atoms with van der Waals surface area (Å²) < 4.78 is 0.870. The van der Waals surface area contributed by atoms with Gasteiger partial charge in [-0.25, -0.2) is 0 Å². The lowest BCUT2D eigenvalue weighted by Crippen LogP contribution is -2.32. The van der Waals surface area contributed by atoms with E-state index >= 15 is 0 Å². The number of amides is 1. The third-order valence-electron chi connectivity index (χ3n) is 2.02. The Bertz CT molecular complexity index is 399. The first-order chi connectivity index (χ1) is 6.91. The number of nitrogens with one attached hydrogen (secondary N) is 1. The fraction of sp³-hybridized carbons (Fsp3) is 0.300. The van der Waals surface area contributed by atoms with Gasteiger partial charge in [-0.1, -0.05) is 15.9 Å². The van der Waals surface area contributed by atoms with Crippen molar-refractivity contribution < 1.29 is 4.79 Å². The van der Waals surface area contributed by atoms with Gasteiger partial charge in [0.25, 0.3) is 0 Å². The van der Waals surface area contributed by atoms with Crippen LogP contribution in [0.5, 0.6) is 0 Å². The first-order valence-electron chi connectivity index (χ1n) is 4.54. The van der Waals surface area contributed by atoms with E-state index in [1.165, 1.54) is 0 Å². The molecule has 1 aromatic carbocycles. The Morgan fingerprint density at radius 3 is 2.41 bits per heavy atom. The second-order valence-corrected chi connectivity index (χ2v) is 4.38. The number of carbonyl (C=O) groups is 1. The predicted molar refractivity (Wildman–Crippen MR) is 80.1 cm³/mol. The van der Waals surface area contributed by atoms with Crippen LogP contribution in [-0.4, -0.2) is 11.9 Å². The summed E-state index contributed by atoms with van der Waals surface area (Å²) in [7, 11) is 0. The minimum absolute atomic E-state index is 0. The second kappa shape index (κ2) is 7.76. The first kappa shape index (κ1) is 18.9. The van der Waals surface area contributed by atoms with Gasteiger partial charge in [-0.3, -0.25) is 4.79 Å². The van der Waals surface area contributed by atoms with Gasteiger partial charge in [-0.15, -0.1) is 24.8 Å². The van der Waals surface area contributed by atoms with Gasteiger partial charge in [0.2, 0.25) is 5.91 Å². The number of hydrogen-bond acceptors (Lipinski definition) is 3. The van der Waals surface area contributed by atoms with Crippen LogP contribution in [0.4, 0.5) is 11.4 Å². The van der Waals surface area contributed by atoms with Crippen LogP contribution in [0, 0.1) is 6.92 Å². The summed E-state index contributed by atoms with van der Waals surface area (Å²) >= 11 is 3.34. The van der Waals surface area contributed by atoms with E-state index in [1.807, 2.05) is 13.0 Å². The summed E-state index contributed by atoms with van der Waals surface area (Å²) in [6.07, 6.45) is 0. The van der Waals surface area contributed by atoms with Gasteiger partial charge in [0.1, 0.15) is 0 Å². The summed E-state index contributed by atoms with van der Waals surface area (Å²) in [4.78, 5) is 11.4. The molecular weight excluding hydrogens is 329 g/mol. The molecule has 5 N–H and O–H groups in total. The highest BCUT2D eigenvalue weighted by atomic mass is 79.9. The Balaban J connectivity index is 0. The number of anilines is 2. The van der Waals surface area contributed by atoms with Crippen molar-refractivity contribution in [1.82, 2.24) is 0 Å². The normalized spacial score (nSPS) is 10.8. The largest absolute Gasteiger partial charge is 0.397 e. The number of nitrogens with two attached hydrogens (primary N) is 2. The minimum atomic E-state index is -0.552. The van der Waals surface area contributed by atoms with Crippen LogP contribution in [0.1, 0.15) is 12.5 Å². The first-order valence-corrected chi connectivity index (χ1v) is 5.33. The Labute approximate surface area is 121 Å². The predicted octanol–water partition coefficient (Wildman–Crippen LogP) is 2.47. The van der Waals surface area contributed by atoms with Gasteiger partial charge < -0.3 is 16.8 Å². The molecule has 0 saturated heterocycles. The zero-order chi connectivity index (χ0) is 11.6. The maximum Gasteiger partial charge on any atom is 0.241 e. The number of hydrogen-bond donors (Lipinski definition) is 3. The Kier molecular flexibility index (Phi) is 8.61. The molecule has 0 radical (unpaired) electrons. The summed E-state index contributed by atoms with van der Waals surface area (Å²) in [6.45, 7) is 3.50. The van der Waals surface area contributed by atoms with Crippen molar-refractivity contribution in [2.75, 3.05) is 11.1 Å². The average molecular weight is 345 g/mol. The molecule has 1 amide bonds. The van der Waals surface area contributed by atoms with Crippen molar-refractivity contribution in [3.8, 4) is 0 Å². The molecule has 0 fully saturated rings. The molecule has 0 spiro atoms. The Morgan fingerprint density at radius 1 is 1.41 bits per heavy atom. The standard InChI is InChI=1S/C10H14BrN3O.2ClH/c1-5-3-7(11)4-8(9(5)13)14-10(15)6(2)12;;/h3-4,6H,12-13H2,1-2H3,(H,14,15);2*1H/t6-;;/m1../s1. The zero-order valence-corrected chi connectivity index (χ0v) is 12.7. The fourth-order valence-electron chi connectivity index (χ4n) is 1.10. The number of rotatable bonds is 2. The molecule has 0 saturated carbocycles. The van der Waals surface area contributed by atoms with Gasteiger partial charge >= 0.3 is 0 Å². The van der Waals surface area contributed by atoms with E-state index in [4.69, 9.17) is 11.5 Å². The smallest absolute Gasteiger partial charge is 0.241 e. The lowest BCUT2D eigenvalue weighted by atomic mass is 10.1. The average Bonchev–Trinajstić information content (AvgIpc) is 2.13. The number of aryl methyl sites for hydroxylation is 1. The maximum absolute atomic E-state index is 11.4. The number of halogens is 3. The molecule has 0 aliphatic carbocycles. The van der Waals surface area contributed by atoms with Crippen LogP contribution >= 0.6 is 40.7 Å². The summed E-state index contributed by atoms with van der Waals surface area (Å²) in [5.74, 6) is -0.251. The van der Waals surface area contributed by atoms with Crippen LogP contribution in [0.3, 0.4) is 0 Å². The molecule has 7 heteroatoms. The van der Waals surface area contributed by atoms with E-state index in [1.54, 1.807) is 13.0 Å². The van der Waals surface area contributed by atoms with Crippen molar-refractivity contribution in [3.63, 3.8) is 0 Å². The molecule has 4 nitrogen and oxygen atoms in total. The van der Waals surface area contributed by atoms with Crippen LogP contribution < -0.4 is 16.8 Å². The summed E-state index contributed by atoms with van der Waals surface area (Å²) in [5, 5.41) is 2.67. The van der Waals surface area contributed by atoms with Crippen LogP contribution in [0.15, 0.2) is 16.6 Å². The molecule has 0 aromatic heterocycles. The third kappa shape index (κ3) is 5.12. The number of nitrogen functional groups attached to an aromatic ring is 1. The van der Waals surface area contributed by atoms with E-state index in [0.717, 1.165) is 10.0 Å². The quantitative estimate of drug-likeness (QED) is 0.721. The van der Waals surface area contributed by atoms with Crippen LogP contribution in [0.2, 0.25) is 0 Å². The molecule has 0 unspecified atom stereocenters. The van der Waals surface area contributed by atoms with Gasteiger partial charge in [0, 0.05) is 4.47 Å². The lowest BCUT2D eigenvalue weighted by molar-refractivity contribution is -0.117. The minimum Gasteiger partial charge on any atom is -0.397 e. The highest BCUT2D eigenvalue weighted by molar-refractivity contribution is 9.10. The maximum atomic E-state index is 11.4. The van der Waals surface area contributed by atoms with Gasteiger partial charge in [0.15, 0.2) is 0 Å². The summed E-state index contributed by atoms with van der Waals surface area (Å²) in [6, 6.07) is 3.09. The van der Waals surface area contributed by atoms with Crippen molar-refractivity contribution in [2.45, 2.75) is 19.9 Å². The molecule has 0 heterocycles. The number of carbonyl (C=O) groups excluding carboxylic acids is 1. The Hall–Kier alpha value is -0.490. The molecular formula is C10H16BrCl2N3O. The van der Waals surface area contributed by atoms with Crippen molar-refractivity contribution in [3.05, 3.63) is 22.2 Å². The van der Waals surface area contributed by atoms with Crippen molar-refractivity contribution in [1.29, 1.82) is 0 Å². The van der Waals surface area contributed by atoms with Crippen molar-refractivity contribution in [2.24, 2.45) is 5.73 Å². The Morgan fingerprint density at radius 2 is 1.94 bits per heavy atom. The molecule has 1 atom stereocenters.